The van der Waals surface area contributed by atoms with Gasteiger partial charge in [-0.05, 0) is 36.0 Å². The average molecular weight is 280 g/mol. The zero-order valence-corrected chi connectivity index (χ0v) is 13.2. The molecule has 0 aliphatic heterocycles. The second kappa shape index (κ2) is 7.21. The van der Waals surface area contributed by atoms with Crippen LogP contribution < -0.4 is 0 Å². The summed E-state index contributed by atoms with van der Waals surface area (Å²) in [7, 11) is 0. The van der Waals surface area contributed by atoms with Crippen molar-refractivity contribution < 1.29 is 4.79 Å². The number of hydrogen-bond acceptors (Lipinski definition) is 1. The highest BCUT2D eigenvalue weighted by molar-refractivity contribution is 5.81. The van der Waals surface area contributed by atoms with Gasteiger partial charge in [-0.15, -0.1) is 0 Å². The first-order valence-electron chi connectivity index (χ1n) is 7.70. The molecule has 0 unspecified atom stereocenters. The number of carbonyl (C=O) groups excluding carboxylic acids is 1. The van der Waals surface area contributed by atoms with Crippen LogP contribution in [0.1, 0.15) is 48.4 Å². The first kappa shape index (κ1) is 15.5. The maximum Gasteiger partial charge on any atom is 0.137 e. The molecule has 0 radical (unpaired) electrons. The van der Waals surface area contributed by atoms with E-state index in [0.717, 1.165) is 12.0 Å². The molecule has 0 bridgehead atoms. The van der Waals surface area contributed by atoms with Crippen LogP contribution in [0.15, 0.2) is 48.5 Å². The number of carbonyl (C=O) groups is 1. The van der Waals surface area contributed by atoms with Crippen molar-refractivity contribution in [2.75, 3.05) is 0 Å². The smallest absolute Gasteiger partial charge is 0.137 e. The molecule has 0 atom stereocenters. The molecule has 0 aromatic heterocycles. The van der Waals surface area contributed by atoms with Gasteiger partial charge in [0.1, 0.15) is 5.78 Å². The summed E-state index contributed by atoms with van der Waals surface area (Å²) in [6, 6.07) is 16.9. The molecule has 0 saturated carbocycles. The van der Waals surface area contributed by atoms with E-state index in [1.165, 1.54) is 16.7 Å². The van der Waals surface area contributed by atoms with Crippen molar-refractivity contribution >= 4 is 5.78 Å². The topological polar surface area (TPSA) is 17.1 Å². The number of hydrogen-bond donors (Lipinski definition) is 0. The van der Waals surface area contributed by atoms with Crippen LogP contribution in [0, 0.1) is 6.92 Å². The summed E-state index contributed by atoms with van der Waals surface area (Å²) in [6.07, 6.45) is 2.00. The van der Waals surface area contributed by atoms with Crippen LogP contribution in [0.5, 0.6) is 0 Å². The van der Waals surface area contributed by atoms with Gasteiger partial charge in [0, 0.05) is 12.8 Å². The highest BCUT2D eigenvalue weighted by Gasteiger charge is 2.05. The van der Waals surface area contributed by atoms with Gasteiger partial charge >= 0.3 is 0 Å². The third kappa shape index (κ3) is 4.86. The van der Waals surface area contributed by atoms with Gasteiger partial charge < -0.3 is 0 Å². The summed E-state index contributed by atoms with van der Waals surface area (Å²) in [4.78, 5) is 12.1. The summed E-state index contributed by atoms with van der Waals surface area (Å²) in [5, 5.41) is 0. The van der Waals surface area contributed by atoms with Crippen LogP contribution in [0.3, 0.4) is 0 Å². The summed E-state index contributed by atoms with van der Waals surface area (Å²) in [5.41, 5.74) is 4.94. The van der Waals surface area contributed by atoms with E-state index in [1.54, 1.807) is 0 Å². The molecule has 110 valence electrons. The predicted octanol–water partition coefficient (Wildman–Crippen LogP) is 4.86. The van der Waals surface area contributed by atoms with Crippen LogP contribution >= 0.6 is 0 Å². The Labute approximate surface area is 128 Å². The second-order valence-corrected chi connectivity index (χ2v) is 6.10. The Kier molecular flexibility index (Phi) is 5.32. The van der Waals surface area contributed by atoms with Crippen molar-refractivity contribution in [2.45, 2.75) is 46.0 Å². The Morgan fingerprint density at radius 2 is 1.48 bits per heavy atom. The van der Waals surface area contributed by atoms with E-state index in [-0.39, 0.29) is 0 Å². The van der Waals surface area contributed by atoms with Crippen LogP contribution in [0.2, 0.25) is 0 Å². The van der Waals surface area contributed by atoms with Crippen LogP contribution in [-0.4, -0.2) is 5.78 Å². The van der Waals surface area contributed by atoms with E-state index < -0.39 is 0 Å². The number of rotatable bonds is 6. The van der Waals surface area contributed by atoms with Gasteiger partial charge in [-0.25, -0.2) is 0 Å². The second-order valence-electron chi connectivity index (χ2n) is 6.10. The standard InChI is InChI=1S/C20H24O/c1-15(2)19-11-8-18(9-12-19)14-20(21)13-10-17-6-4-16(3)5-7-17/h4-9,11-12,15H,10,13-14H2,1-3H3. The number of Topliss-reactive ketones (excluding diaryl/α,β-unsaturated/α-hetero) is 1. The molecule has 2 aromatic carbocycles. The SMILES string of the molecule is Cc1ccc(CCC(=O)Cc2ccc(C(C)C)cc2)cc1. The van der Waals surface area contributed by atoms with Crippen molar-refractivity contribution in [2.24, 2.45) is 0 Å². The van der Waals surface area contributed by atoms with E-state index in [9.17, 15) is 4.79 Å². The van der Waals surface area contributed by atoms with Crippen LogP contribution in [0.4, 0.5) is 0 Å². The lowest BCUT2D eigenvalue weighted by atomic mass is 9.98. The summed E-state index contributed by atoms with van der Waals surface area (Å²) >= 11 is 0. The molecule has 0 amide bonds. The van der Waals surface area contributed by atoms with Gasteiger partial charge in [0.2, 0.25) is 0 Å². The molecule has 21 heavy (non-hydrogen) atoms. The van der Waals surface area contributed by atoms with E-state index >= 15 is 0 Å². The van der Waals surface area contributed by atoms with Gasteiger partial charge in [-0.2, -0.15) is 0 Å². The summed E-state index contributed by atoms with van der Waals surface area (Å²) in [5.74, 6) is 0.851. The summed E-state index contributed by atoms with van der Waals surface area (Å²) in [6.45, 7) is 6.44. The molecule has 0 N–H and O–H groups in total. The Balaban J connectivity index is 1.85. The molecule has 0 heterocycles. The highest BCUT2D eigenvalue weighted by atomic mass is 16.1. The van der Waals surface area contributed by atoms with E-state index in [4.69, 9.17) is 0 Å². The fourth-order valence-corrected chi connectivity index (χ4v) is 2.37. The molecular weight excluding hydrogens is 256 g/mol. The highest BCUT2D eigenvalue weighted by Crippen LogP contribution is 2.15. The quantitative estimate of drug-likeness (QED) is 0.738. The number of benzene rings is 2. The van der Waals surface area contributed by atoms with Crippen molar-refractivity contribution in [1.29, 1.82) is 0 Å². The molecule has 1 nitrogen and oxygen atoms in total. The molecule has 2 aromatic rings. The van der Waals surface area contributed by atoms with E-state index in [2.05, 4.69) is 69.3 Å². The summed E-state index contributed by atoms with van der Waals surface area (Å²) < 4.78 is 0. The fourth-order valence-electron chi connectivity index (χ4n) is 2.37. The Hall–Kier alpha value is -1.89. The Morgan fingerprint density at radius 3 is 2.05 bits per heavy atom. The maximum atomic E-state index is 12.1. The van der Waals surface area contributed by atoms with Crippen molar-refractivity contribution in [3.8, 4) is 0 Å². The molecule has 0 saturated heterocycles. The zero-order chi connectivity index (χ0) is 15.2. The van der Waals surface area contributed by atoms with Crippen molar-refractivity contribution in [3.63, 3.8) is 0 Å². The van der Waals surface area contributed by atoms with Crippen molar-refractivity contribution in [3.05, 3.63) is 70.8 Å². The van der Waals surface area contributed by atoms with E-state index in [0.29, 0.717) is 24.5 Å². The lowest BCUT2D eigenvalue weighted by Crippen LogP contribution is -2.04. The average Bonchev–Trinajstić information content (AvgIpc) is 2.47. The zero-order valence-electron chi connectivity index (χ0n) is 13.2. The first-order valence-corrected chi connectivity index (χ1v) is 7.70. The largest absolute Gasteiger partial charge is 0.299 e. The minimum Gasteiger partial charge on any atom is -0.299 e. The Bertz CT molecular complexity index is 576. The third-order valence-electron chi connectivity index (χ3n) is 3.86. The lowest BCUT2D eigenvalue weighted by Gasteiger charge is -2.07. The Morgan fingerprint density at radius 1 is 0.905 bits per heavy atom. The minimum absolute atomic E-state index is 0.313. The molecule has 1 heteroatoms. The monoisotopic (exact) mass is 280 g/mol. The fraction of sp³-hybridized carbons (Fsp3) is 0.350. The number of ketones is 1. The van der Waals surface area contributed by atoms with Crippen molar-refractivity contribution in [1.82, 2.24) is 0 Å². The molecule has 0 fully saturated rings. The predicted molar refractivity (Wildman–Crippen MR) is 88.7 cm³/mol. The molecule has 0 spiro atoms. The van der Waals surface area contributed by atoms with Gasteiger partial charge in [0.15, 0.2) is 0 Å². The van der Waals surface area contributed by atoms with Gasteiger partial charge in [-0.3, -0.25) is 4.79 Å². The minimum atomic E-state index is 0.313. The van der Waals surface area contributed by atoms with Crippen LogP contribution in [-0.2, 0) is 17.6 Å². The van der Waals surface area contributed by atoms with Gasteiger partial charge in [0.05, 0.1) is 0 Å². The first-order chi connectivity index (χ1) is 10.0. The molecule has 0 aliphatic rings. The molecular formula is C20H24O. The number of aryl methyl sites for hydroxylation is 2. The normalized spacial score (nSPS) is 10.9. The van der Waals surface area contributed by atoms with Gasteiger partial charge in [0.25, 0.3) is 0 Å². The molecule has 2 rings (SSSR count). The lowest BCUT2D eigenvalue weighted by molar-refractivity contribution is -0.118. The third-order valence-corrected chi connectivity index (χ3v) is 3.86. The molecule has 0 aliphatic carbocycles. The van der Waals surface area contributed by atoms with Crippen LogP contribution in [0.25, 0.3) is 0 Å². The van der Waals surface area contributed by atoms with Gasteiger partial charge in [-0.1, -0.05) is 67.9 Å². The maximum absolute atomic E-state index is 12.1. The van der Waals surface area contributed by atoms with E-state index in [1.807, 2.05) is 0 Å².